The van der Waals surface area contributed by atoms with Gasteiger partial charge in [-0.25, -0.2) is 0 Å². The van der Waals surface area contributed by atoms with Crippen molar-refractivity contribution in [2.75, 3.05) is 0 Å². The Morgan fingerprint density at radius 3 is 3.06 bits per heavy atom. The van der Waals surface area contributed by atoms with Crippen LogP contribution < -0.4 is 5.32 Å². The Kier molecular flexibility index (Phi) is 3.11. The molecule has 4 heteroatoms. The number of aromatic nitrogens is 2. The number of hydrogen-bond donors (Lipinski definition) is 1. The summed E-state index contributed by atoms with van der Waals surface area (Å²) in [5, 5.41) is 7.20. The summed E-state index contributed by atoms with van der Waals surface area (Å²) >= 11 is 0. The van der Waals surface area contributed by atoms with Gasteiger partial charge in [-0.2, -0.15) is 4.98 Å². The van der Waals surface area contributed by atoms with Gasteiger partial charge in [-0.15, -0.1) is 0 Å². The fourth-order valence-corrected chi connectivity index (χ4v) is 2.49. The van der Waals surface area contributed by atoms with Crippen LogP contribution in [-0.4, -0.2) is 10.1 Å². The Balaban J connectivity index is 1.67. The minimum Gasteiger partial charge on any atom is -0.343 e. The van der Waals surface area contributed by atoms with Crippen LogP contribution in [0.25, 0.3) is 0 Å². The molecular weight excluding hydrogens is 226 g/mol. The molecule has 1 aromatic carbocycles. The molecule has 3 rings (SSSR count). The summed E-state index contributed by atoms with van der Waals surface area (Å²) in [6.07, 6.45) is 5.11. The maximum Gasteiger partial charge on any atom is 0.213 e. The monoisotopic (exact) mass is 243 g/mol. The number of fused-ring (bicyclic) bond motifs is 1. The van der Waals surface area contributed by atoms with Crippen molar-refractivity contribution in [2.45, 2.75) is 38.8 Å². The van der Waals surface area contributed by atoms with Gasteiger partial charge in [-0.05, 0) is 42.9 Å². The van der Waals surface area contributed by atoms with Crippen molar-refractivity contribution in [3.05, 3.63) is 47.1 Å². The average Bonchev–Trinajstić information content (AvgIpc) is 3.05. The normalized spacial score (nSPS) is 15.6. The molecule has 1 N–H and O–H groups in total. The highest BCUT2D eigenvalue weighted by Gasteiger charge is 2.13. The lowest BCUT2D eigenvalue weighted by Gasteiger charge is -2.14. The van der Waals surface area contributed by atoms with Crippen LogP contribution in [0.1, 0.15) is 41.9 Å². The summed E-state index contributed by atoms with van der Waals surface area (Å²) in [6.45, 7) is 2.80. The van der Waals surface area contributed by atoms with Gasteiger partial charge in [-0.1, -0.05) is 23.4 Å². The number of nitrogens with zero attached hydrogens (tertiary/aromatic N) is 2. The first kappa shape index (κ1) is 11.4. The van der Waals surface area contributed by atoms with Gasteiger partial charge in [0.2, 0.25) is 6.39 Å². The van der Waals surface area contributed by atoms with Gasteiger partial charge in [0, 0.05) is 6.04 Å². The highest BCUT2D eigenvalue weighted by molar-refractivity contribution is 5.36. The van der Waals surface area contributed by atoms with Gasteiger partial charge in [0.1, 0.15) is 0 Å². The maximum absolute atomic E-state index is 4.71. The molecule has 0 bridgehead atoms. The second-order valence-electron chi connectivity index (χ2n) is 4.83. The van der Waals surface area contributed by atoms with Crippen molar-refractivity contribution >= 4 is 0 Å². The molecule has 4 nitrogen and oxygen atoms in total. The maximum atomic E-state index is 4.71. The predicted molar refractivity (Wildman–Crippen MR) is 68.0 cm³/mol. The summed E-state index contributed by atoms with van der Waals surface area (Å²) in [6, 6.07) is 7.12. The zero-order valence-corrected chi connectivity index (χ0v) is 10.5. The minimum absolute atomic E-state index is 0.300. The van der Waals surface area contributed by atoms with E-state index in [4.69, 9.17) is 4.52 Å². The summed E-state index contributed by atoms with van der Waals surface area (Å²) in [7, 11) is 0. The molecular formula is C14H17N3O. The molecule has 1 heterocycles. The zero-order chi connectivity index (χ0) is 12.4. The van der Waals surface area contributed by atoms with Crippen LogP contribution >= 0.6 is 0 Å². The van der Waals surface area contributed by atoms with Crippen LogP contribution in [0.15, 0.2) is 29.1 Å². The second kappa shape index (κ2) is 4.90. The van der Waals surface area contributed by atoms with Crippen LogP contribution in [0, 0.1) is 0 Å². The zero-order valence-electron chi connectivity index (χ0n) is 10.5. The SMILES string of the molecule is CC(NCc1ncon1)c1ccc2c(c1)CCC2. The molecule has 94 valence electrons. The standard InChI is InChI=1S/C14H17N3O/c1-10(15-8-14-16-9-18-17-14)12-6-5-11-3-2-4-13(11)7-12/h5-7,9-10,15H,2-4,8H2,1H3. The molecule has 0 amide bonds. The Bertz CT molecular complexity index is 522. The Labute approximate surface area is 106 Å². The Hall–Kier alpha value is -1.68. The third-order valence-electron chi connectivity index (χ3n) is 3.60. The third-order valence-corrected chi connectivity index (χ3v) is 3.60. The van der Waals surface area contributed by atoms with Gasteiger partial charge in [0.05, 0.1) is 6.54 Å². The van der Waals surface area contributed by atoms with Gasteiger partial charge in [-0.3, -0.25) is 0 Å². The van der Waals surface area contributed by atoms with Gasteiger partial charge < -0.3 is 9.84 Å². The van der Waals surface area contributed by atoms with E-state index in [9.17, 15) is 0 Å². The molecule has 0 spiro atoms. The summed E-state index contributed by atoms with van der Waals surface area (Å²) < 4.78 is 4.71. The quantitative estimate of drug-likeness (QED) is 0.896. The molecule has 1 aliphatic carbocycles. The highest BCUT2D eigenvalue weighted by atomic mass is 16.5. The van der Waals surface area contributed by atoms with Crippen LogP contribution in [0.5, 0.6) is 0 Å². The number of nitrogens with one attached hydrogen (secondary N) is 1. The van der Waals surface area contributed by atoms with Crippen LogP contribution in [0.2, 0.25) is 0 Å². The molecule has 18 heavy (non-hydrogen) atoms. The van der Waals surface area contributed by atoms with E-state index in [-0.39, 0.29) is 0 Å². The Morgan fingerprint density at radius 2 is 2.22 bits per heavy atom. The first-order chi connectivity index (χ1) is 8.83. The molecule has 0 radical (unpaired) electrons. The van der Waals surface area contributed by atoms with Crippen molar-refractivity contribution in [3.63, 3.8) is 0 Å². The van der Waals surface area contributed by atoms with Gasteiger partial charge in [0.15, 0.2) is 5.82 Å². The van der Waals surface area contributed by atoms with Gasteiger partial charge in [0.25, 0.3) is 0 Å². The topological polar surface area (TPSA) is 51.0 Å². The highest BCUT2D eigenvalue weighted by Crippen LogP contribution is 2.25. The van der Waals surface area contributed by atoms with E-state index in [0.29, 0.717) is 18.4 Å². The summed E-state index contributed by atoms with van der Waals surface area (Å²) in [5.41, 5.74) is 4.36. The fraction of sp³-hybridized carbons (Fsp3) is 0.429. The molecule has 0 fully saturated rings. The number of hydrogen-bond acceptors (Lipinski definition) is 4. The van der Waals surface area contributed by atoms with Crippen molar-refractivity contribution < 1.29 is 4.52 Å². The van der Waals surface area contributed by atoms with Crippen molar-refractivity contribution in [3.8, 4) is 0 Å². The van der Waals surface area contributed by atoms with E-state index in [1.54, 1.807) is 0 Å². The van der Waals surface area contributed by atoms with E-state index in [0.717, 1.165) is 0 Å². The lowest BCUT2D eigenvalue weighted by Crippen LogP contribution is -2.19. The second-order valence-corrected chi connectivity index (χ2v) is 4.83. The summed E-state index contributed by atoms with van der Waals surface area (Å²) in [5.74, 6) is 0.697. The van der Waals surface area contributed by atoms with E-state index in [1.807, 2.05) is 0 Å². The average molecular weight is 243 g/mol. The van der Waals surface area contributed by atoms with E-state index in [1.165, 1.54) is 42.3 Å². The van der Waals surface area contributed by atoms with E-state index in [2.05, 4.69) is 40.6 Å². The molecule has 0 saturated heterocycles. The van der Waals surface area contributed by atoms with Crippen molar-refractivity contribution in [2.24, 2.45) is 0 Å². The molecule has 1 atom stereocenters. The molecule has 0 aliphatic heterocycles. The van der Waals surface area contributed by atoms with Crippen molar-refractivity contribution in [1.29, 1.82) is 0 Å². The lowest BCUT2D eigenvalue weighted by molar-refractivity contribution is 0.405. The van der Waals surface area contributed by atoms with Crippen molar-refractivity contribution in [1.82, 2.24) is 15.5 Å². The minimum atomic E-state index is 0.300. The molecule has 1 aliphatic rings. The Morgan fingerprint density at radius 1 is 1.33 bits per heavy atom. The number of benzene rings is 1. The number of rotatable bonds is 4. The number of aryl methyl sites for hydroxylation is 2. The van der Waals surface area contributed by atoms with Crippen LogP contribution in [0.3, 0.4) is 0 Å². The fourth-order valence-electron chi connectivity index (χ4n) is 2.49. The summed E-state index contributed by atoms with van der Waals surface area (Å²) in [4.78, 5) is 4.00. The lowest BCUT2D eigenvalue weighted by atomic mass is 10.0. The predicted octanol–water partition coefficient (Wildman–Crippen LogP) is 2.41. The van der Waals surface area contributed by atoms with E-state index < -0.39 is 0 Å². The van der Waals surface area contributed by atoms with Crippen LogP contribution in [0.4, 0.5) is 0 Å². The molecule has 1 unspecified atom stereocenters. The molecule has 2 aromatic rings. The van der Waals surface area contributed by atoms with Gasteiger partial charge >= 0.3 is 0 Å². The smallest absolute Gasteiger partial charge is 0.213 e. The first-order valence-corrected chi connectivity index (χ1v) is 6.43. The molecule has 0 saturated carbocycles. The van der Waals surface area contributed by atoms with E-state index >= 15 is 0 Å². The third kappa shape index (κ3) is 2.29. The van der Waals surface area contributed by atoms with Crippen LogP contribution in [-0.2, 0) is 19.4 Å². The molecule has 1 aromatic heterocycles. The first-order valence-electron chi connectivity index (χ1n) is 6.43. The largest absolute Gasteiger partial charge is 0.343 e.